The number of sulfonamides is 1. The molecular formula is C23H31N3O3S. The molecule has 1 aliphatic heterocycles. The van der Waals surface area contributed by atoms with Crippen molar-refractivity contribution in [3.05, 3.63) is 53.6 Å². The first kappa shape index (κ1) is 21.2. The minimum atomic E-state index is -3.54. The number of fused-ring (bicyclic) bond motifs is 1. The molecule has 6 nitrogen and oxygen atoms in total. The Labute approximate surface area is 179 Å². The van der Waals surface area contributed by atoms with Gasteiger partial charge in [0, 0.05) is 37.1 Å². The highest BCUT2D eigenvalue weighted by molar-refractivity contribution is 7.89. The van der Waals surface area contributed by atoms with Gasteiger partial charge in [0.2, 0.25) is 10.0 Å². The highest BCUT2D eigenvalue weighted by Gasteiger charge is 2.25. The maximum Gasteiger partial charge on any atom is 0.240 e. The number of hydrogen-bond donors (Lipinski definition) is 2. The van der Waals surface area contributed by atoms with Crippen LogP contribution in [0.15, 0.2) is 47.4 Å². The Balaban J connectivity index is 1.40. The molecule has 0 aromatic heterocycles. The molecule has 0 bridgehead atoms. The van der Waals surface area contributed by atoms with Crippen LogP contribution in [0.1, 0.15) is 30.9 Å². The van der Waals surface area contributed by atoms with Gasteiger partial charge in [0.25, 0.3) is 0 Å². The lowest BCUT2D eigenvalue weighted by atomic mass is 9.88. The summed E-state index contributed by atoms with van der Waals surface area (Å²) in [4.78, 5) is 2.54. The Morgan fingerprint density at radius 1 is 1.07 bits per heavy atom. The Kier molecular flexibility index (Phi) is 6.61. The molecule has 2 aromatic carbocycles. The minimum absolute atomic E-state index is 0.0733. The van der Waals surface area contributed by atoms with Crippen LogP contribution in [0, 0.1) is 0 Å². The van der Waals surface area contributed by atoms with E-state index in [1.165, 1.54) is 11.1 Å². The van der Waals surface area contributed by atoms with Gasteiger partial charge in [0.1, 0.15) is 0 Å². The quantitative estimate of drug-likeness (QED) is 0.707. The summed E-state index contributed by atoms with van der Waals surface area (Å²) < 4.78 is 34.1. The van der Waals surface area contributed by atoms with Crippen molar-refractivity contribution in [3.63, 3.8) is 0 Å². The molecule has 30 heavy (non-hydrogen) atoms. The van der Waals surface area contributed by atoms with E-state index in [1.807, 2.05) is 12.1 Å². The second-order valence-electron chi connectivity index (χ2n) is 8.06. The van der Waals surface area contributed by atoms with E-state index in [9.17, 15) is 8.42 Å². The van der Waals surface area contributed by atoms with Crippen LogP contribution >= 0.6 is 0 Å². The molecule has 0 amide bonds. The fraction of sp³-hybridized carbons (Fsp3) is 0.478. The summed E-state index contributed by atoms with van der Waals surface area (Å²) >= 11 is 0. The molecule has 1 fully saturated rings. The van der Waals surface area contributed by atoms with E-state index in [0.717, 1.165) is 56.7 Å². The van der Waals surface area contributed by atoms with Gasteiger partial charge in [-0.3, -0.25) is 0 Å². The van der Waals surface area contributed by atoms with Crippen molar-refractivity contribution >= 4 is 21.4 Å². The summed E-state index contributed by atoms with van der Waals surface area (Å²) in [7, 11) is -3.54. The molecule has 2 N–H and O–H groups in total. The third-order valence-electron chi connectivity index (χ3n) is 5.86. The van der Waals surface area contributed by atoms with Crippen LogP contribution in [0.5, 0.6) is 0 Å². The Morgan fingerprint density at radius 2 is 1.83 bits per heavy atom. The van der Waals surface area contributed by atoms with Crippen LogP contribution in [-0.2, 0) is 27.6 Å². The third kappa shape index (κ3) is 4.96. The Hall–Kier alpha value is -2.09. The number of aryl methyl sites for hydroxylation is 1. The first-order valence-electron chi connectivity index (χ1n) is 10.9. The van der Waals surface area contributed by atoms with Crippen molar-refractivity contribution in [3.8, 4) is 0 Å². The van der Waals surface area contributed by atoms with Gasteiger partial charge in [-0.1, -0.05) is 13.0 Å². The summed E-state index contributed by atoms with van der Waals surface area (Å²) in [5.74, 6) is 0. The van der Waals surface area contributed by atoms with E-state index in [4.69, 9.17) is 4.74 Å². The number of benzene rings is 2. The molecule has 2 aromatic rings. The second-order valence-corrected chi connectivity index (χ2v) is 9.78. The fourth-order valence-electron chi connectivity index (χ4n) is 4.18. The molecule has 162 valence electrons. The van der Waals surface area contributed by atoms with Crippen LogP contribution in [0.3, 0.4) is 0 Å². The van der Waals surface area contributed by atoms with Gasteiger partial charge in [0.05, 0.1) is 18.1 Å². The van der Waals surface area contributed by atoms with Gasteiger partial charge in [-0.25, -0.2) is 13.1 Å². The van der Waals surface area contributed by atoms with E-state index in [-0.39, 0.29) is 6.04 Å². The lowest BCUT2D eigenvalue weighted by Gasteiger charge is -2.29. The standard InChI is InChI=1S/C23H31N3O3S/c1-2-11-24-20-5-3-19-17-21(6-4-18(19)16-20)25-30(27,28)23-9-7-22(8-10-23)26-12-14-29-15-13-26/h3,5,7-10,16,21,24-25H,2,4,6,11-15,17H2,1H3. The molecule has 1 aliphatic carbocycles. The largest absolute Gasteiger partial charge is 0.385 e. The zero-order valence-electron chi connectivity index (χ0n) is 17.6. The Morgan fingerprint density at radius 3 is 2.57 bits per heavy atom. The molecule has 0 saturated carbocycles. The average Bonchev–Trinajstić information content (AvgIpc) is 2.78. The highest BCUT2D eigenvalue weighted by atomic mass is 32.2. The zero-order chi connectivity index (χ0) is 21.0. The van der Waals surface area contributed by atoms with E-state index in [1.54, 1.807) is 12.1 Å². The van der Waals surface area contributed by atoms with Gasteiger partial charge >= 0.3 is 0 Å². The first-order valence-corrected chi connectivity index (χ1v) is 12.3. The smallest absolute Gasteiger partial charge is 0.240 e. The van der Waals surface area contributed by atoms with Crippen LogP contribution in [0.25, 0.3) is 0 Å². The molecule has 1 atom stereocenters. The summed E-state index contributed by atoms with van der Waals surface area (Å²) in [6, 6.07) is 13.5. The van der Waals surface area contributed by atoms with Crippen molar-refractivity contribution in [2.24, 2.45) is 0 Å². The molecule has 1 heterocycles. The monoisotopic (exact) mass is 429 g/mol. The van der Waals surface area contributed by atoms with Gasteiger partial charge in [-0.15, -0.1) is 0 Å². The average molecular weight is 430 g/mol. The van der Waals surface area contributed by atoms with Crippen molar-refractivity contribution < 1.29 is 13.2 Å². The van der Waals surface area contributed by atoms with E-state index >= 15 is 0 Å². The van der Waals surface area contributed by atoms with E-state index in [0.29, 0.717) is 18.1 Å². The molecule has 7 heteroatoms. The van der Waals surface area contributed by atoms with Crippen LogP contribution in [-0.4, -0.2) is 47.3 Å². The van der Waals surface area contributed by atoms with E-state index < -0.39 is 10.0 Å². The van der Waals surface area contributed by atoms with E-state index in [2.05, 4.69) is 40.1 Å². The molecular weight excluding hydrogens is 398 g/mol. The number of morpholine rings is 1. The van der Waals surface area contributed by atoms with Crippen molar-refractivity contribution in [1.29, 1.82) is 0 Å². The third-order valence-corrected chi connectivity index (χ3v) is 7.40. The molecule has 0 spiro atoms. The summed E-state index contributed by atoms with van der Waals surface area (Å²) in [6.07, 6.45) is 3.53. The number of ether oxygens (including phenoxy) is 1. The maximum absolute atomic E-state index is 12.9. The predicted octanol–water partition coefficient (Wildman–Crippen LogP) is 3.18. The molecule has 0 radical (unpaired) electrons. The highest BCUT2D eigenvalue weighted by Crippen LogP contribution is 2.26. The van der Waals surface area contributed by atoms with Crippen molar-refractivity contribution in [2.75, 3.05) is 43.1 Å². The summed E-state index contributed by atoms with van der Waals surface area (Å²) in [5.41, 5.74) is 4.74. The summed E-state index contributed by atoms with van der Waals surface area (Å²) in [6.45, 7) is 6.20. The SMILES string of the molecule is CCCNc1ccc2c(c1)CCC(NS(=O)(=O)c1ccc(N3CCOCC3)cc1)C2. The zero-order valence-corrected chi connectivity index (χ0v) is 18.4. The normalized spacial score (nSPS) is 19.4. The van der Waals surface area contributed by atoms with Gasteiger partial charge in [-0.05, 0) is 73.2 Å². The number of anilines is 2. The number of nitrogens with one attached hydrogen (secondary N) is 2. The molecule has 1 saturated heterocycles. The topological polar surface area (TPSA) is 70.7 Å². The predicted molar refractivity (Wildman–Crippen MR) is 121 cm³/mol. The van der Waals surface area contributed by atoms with Crippen molar-refractivity contribution in [1.82, 2.24) is 4.72 Å². The fourth-order valence-corrected chi connectivity index (χ4v) is 5.45. The number of hydrogen-bond acceptors (Lipinski definition) is 5. The number of nitrogens with zero attached hydrogens (tertiary/aromatic N) is 1. The lowest BCUT2D eigenvalue weighted by molar-refractivity contribution is 0.122. The molecule has 1 unspecified atom stereocenters. The van der Waals surface area contributed by atoms with Gasteiger partial charge in [-0.2, -0.15) is 0 Å². The summed E-state index contributed by atoms with van der Waals surface area (Å²) in [5, 5.41) is 3.42. The first-order chi connectivity index (χ1) is 14.5. The second kappa shape index (κ2) is 9.37. The van der Waals surface area contributed by atoms with Crippen molar-refractivity contribution in [2.45, 2.75) is 43.5 Å². The molecule has 4 rings (SSSR count). The Bertz CT molecular complexity index is 954. The van der Waals surface area contributed by atoms with Crippen LogP contribution in [0.4, 0.5) is 11.4 Å². The van der Waals surface area contributed by atoms with Gasteiger partial charge < -0.3 is 15.0 Å². The van der Waals surface area contributed by atoms with Crippen LogP contribution < -0.4 is 14.9 Å². The maximum atomic E-state index is 12.9. The minimum Gasteiger partial charge on any atom is -0.385 e. The molecule has 2 aliphatic rings. The van der Waals surface area contributed by atoms with Crippen LogP contribution in [0.2, 0.25) is 0 Å². The number of rotatable bonds is 7. The van der Waals surface area contributed by atoms with Gasteiger partial charge in [0.15, 0.2) is 0 Å². The lowest BCUT2D eigenvalue weighted by Crippen LogP contribution is -2.39.